The number of Topliss-reactive ketones (excluding diaryl/α,β-unsaturated/α-hetero) is 1. The molecule has 4 rings (SSSR count). The molecule has 0 saturated heterocycles. The van der Waals surface area contributed by atoms with Crippen molar-refractivity contribution >= 4 is 50.1 Å². The molecule has 0 aliphatic carbocycles. The Balaban J connectivity index is 1.75. The second-order valence-corrected chi connectivity index (χ2v) is 9.90. The number of carbonyl (C=O) groups excluding carboxylic acids is 1. The number of carbonyl (C=O) groups is 1. The van der Waals surface area contributed by atoms with Gasteiger partial charge in [0.15, 0.2) is 4.91 Å². The highest BCUT2D eigenvalue weighted by Crippen LogP contribution is 2.39. The molecule has 1 aliphatic rings. The van der Waals surface area contributed by atoms with Crippen LogP contribution in [0.25, 0.3) is 0 Å². The van der Waals surface area contributed by atoms with Gasteiger partial charge in [-0.25, -0.2) is 12.8 Å². The van der Waals surface area contributed by atoms with E-state index in [1.807, 2.05) is 6.92 Å². The van der Waals surface area contributed by atoms with E-state index in [1.54, 1.807) is 29.6 Å². The van der Waals surface area contributed by atoms with Gasteiger partial charge < -0.3 is 5.32 Å². The van der Waals surface area contributed by atoms with Gasteiger partial charge in [-0.2, -0.15) is 0 Å². The summed E-state index contributed by atoms with van der Waals surface area (Å²) in [6.45, 7) is 1.82. The Morgan fingerprint density at radius 3 is 2.63 bits per heavy atom. The zero-order valence-corrected chi connectivity index (χ0v) is 18.1. The van der Waals surface area contributed by atoms with Crippen molar-refractivity contribution in [2.24, 2.45) is 0 Å². The summed E-state index contributed by atoms with van der Waals surface area (Å²) in [4.78, 5) is 12.9. The van der Waals surface area contributed by atoms with E-state index >= 15 is 0 Å². The van der Waals surface area contributed by atoms with Crippen molar-refractivity contribution in [3.8, 4) is 0 Å². The lowest BCUT2D eigenvalue weighted by atomic mass is 10.2. The Labute approximate surface area is 182 Å². The van der Waals surface area contributed by atoms with Crippen LogP contribution in [0.5, 0.6) is 0 Å². The van der Waals surface area contributed by atoms with Gasteiger partial charge in [0.05, 0.1) is 12.2 Å². The number of hydrogen-bond acceptors (Lipinski definition) is 5. The van der Waals surface area contributed by atoms with Crippen LogP contribution < -0.4 is 9.62 Å². The quantitative estimate of drug-likeness (QED) is 0.532. The molecule has 1 N–H and O–H groups in total. The first-order valence-corrected chi connectivity index (χ1v) is 11.6. The number of ketones is 1. The molecule has 0 radical (unpaired) electrons. The maximum absolute atomic E-state index is 13.3. The van der Waals surface area contributed by atoms with Gasteiger partial charge in [-0.1, -0.05) is 29.8 Å². The fourth-order valence-electron chi connectivity index (χ4n) is 3.10. The molecule has 9 heteroatoms. The number of aryl methyl sites for hydroxylation is 1. The molecule has 1 aliphatic heterocycles. The summed E-state index contributed by atoms with van der Waals surface area (Å²) < 4.78 is 41.1. The van der Waals surface area contributed by atoms with E-state index in [0.717, 1.165) is 5.56 Å². The van der Waals surface area contributed by atoms with Crippen molar-refractivity contribution in [3.63, 3.8) is 0 Å². The highest BCUT2D eigenvalue weighted by Gasteiger charge is 2.41. The molecule has 1 aromatic heterocycles. The molecule has 30 heavy (non-hydrogen) atoms. The smallest absolute Gasteiger partial charge is 0.270 e. The lowest BCUT2D eigenvalue weighted by Crippen LogP contribution is -2.38. The maximum atomic E-state index is 13.3. The highest BCUT2D eigenvalue weighted by atomic mass is 35.5. The van der Waals surface area contributed by atoms with Crippen LogP contribution in [0, 0.1) is 12.7 Å². The van der Waals surface area contributed by atoms with Crippen molar-refractivity contribution in [1.82, 2.24) is 0 Å². The number of halogens is 2. The maximum Gasteiger partial charge on any atom is 0.270 e. The Bertz CT molecular complexity index is 1270. The van der Waals surface area contributed by atoms with Gasteiger partial charge >= 0.3 is 0 Å². The predicted octanol–water partition coefficient (Wildman–Crippen LogP) is 5.34. The number of allylic oxidation sites excluding steroid dienone is 1. The van der Waals surface area contributed by atoms with E-state index in [0.29, 0.717) is 26.8 Å². The third-order valence-corrected chi connectivity index (χ3v) is 7.61. The third kappa shape index (κ3) is 3.74. The molecule has 0 saturated carbocycles. The summed E-state index contributed by atoms with van der Waals surface area (Å²) in [5.41, 5.74) is 2.37. The van der Waals surface area contributed by atoms with Crippen LogP contribution in [-0.4, -0.2) is 14.2 Å². The highest BCUT2D eigenvalue weighted by molar-refractivity contribution is 7.97. The van der Waals surface area contributed by atoms with Crippen LogP contribution in [0.2, 0.25) is 5.02 Å². The molecule has 0 spiro atoms. The molecule has 0 amide bonds. The van der Waals surface area contributed by atoms with Gasteiger partial charge in [-0.05, 0) is 53.8 Å². The Kier molecular flexibility index (Phi) is 5.40. The second-order valence-electron chi connectivity index (χ2n) is 6.71. The van der Waals surface area contributed by atoms with Crippen molar-refractivity contribution in [2.45, 2.75) is 13.5 Å². The van der Waals surface area contributed by atoms with Gasteiger partial charge in [0.2, 0.25) is 5.78 Å². The van der Waals surface area contributed by atoms with E-state index in [-0.39, 0.29) is 11.4 Å². The molecule has 154 valence electrons. The third-order valence-electron chi connectivity index (χ3n) is 4.71. The molecule has 3 aromatic rings. The minimum Gasteiger partial charge on any atom is -0.360 e. The summed E-state index contributed by atoms with van der Waals surface area (Å²) in [6, 6.07) is 12.3. The van der Waals surface area contributed by atoms with Crippen LogP contribution in [0.3, 0.4) is 0 Å². The number of sulfonamides is 1. The first-order valence-electron chi connectivity index (χ1n) is 8.89. The zero-order valence-electron chi connectivity index (χ0n) is 15.7. The number of hydrogen-bond donors (Lipinski definition) is 1. The number of anilines is 2. The van der Waals surface area contributed by atoms with Crippen molar-refractivity contribution in [2.75, 3.05) is 9.62 Å². The lowest BCUT2D eigenvalue weighted by Gasteiger charge is -2.29. The standard InChI is InChI=1S/C21H16ClFN2O3S2/c1-13-2-5-15(22)10-17(13)24-11-19-20(26)21-18(8-9-29-21)25(30(19,27)28)12-14-3-6-16(23)7-4-14/h2-11,24H,12H2,1H3. The Hall–Kier alpha value is -2.68. The summed E-state index contributed by atoms with van der Waals surface area (Å²) in [7, 11) is -4.14. The number of fused-ring (bicyclic) bond motifs is 1. The van der Waals surface area contributed by atoms with Gasteiger partial charge in [-0.3, -0.25) is 9.10 Å². The van der Waals surface area contributed by atoms with Crippen molar-refractivity contribution in [3.05, 3.63) is 91.9 Å². The fourth-order valence-corrected chi connectivity index (χ4v) is 5.76. The van der Waals surface area contributed by atoms with E-state index in [1.165, 1.54) is 46.1 Å². The van der Waals surface area contributed by atoms with Gasteiger partial charge in [0.25, 0.3) is 10.0 Å². The molecule has 0 atom stereocenters. The molecular formula is C21H16ClFN2O3S2. The Morgan fingerprint density at radius 1 is 1.17 bits per heavy atom. The number of rotatable bonds is 4. The monoisotopic (exact) mass is 462 g/mol. The van der Waals surface area contributed by atoms with Crippen molar-refractivity contribution < 1.29 is 17.6 Å². The first-order chi connectivity index (χ1) is 14.3. The predicted molar refractivity (Wildman–Crippen MR) is 118 cm³/mol. The van der Waals surface area contributed by atoms with Crippen LogP contribution in [0.4, 0.5) is 15.8 Å². The SMILES string of the molecule is Cc1ccc(Cl)cc1NC=C1C(=O)c2sccc2N(Cc2ccc(F)cc2)S1(=O)=O. The van der Waals surface area contributed by atoms with E-state index in [2.05, 4.69) is 5.32 Å². The fraction of sp³-hybridized carbons (Fsp3) is 0.0952. The minimum atomic E-state index is -4.14. The second kappa shape index (κ2) is 7.86. The zero-order chi connectivity index (χ0) is 21.5. The average molecular weight is 463 g/mol. The van der Waals surface area contributed by atoms with Crippen molar-refractivity contribution in [1.29, 1.82) is 0 Å². The van der Waals surface area contributed by atoms with Crippen LogP contribution in [-0.2, 0) is 16.6 Å². The first kappa shape index (κ1) is 20.6. The largest absolute Gasteiger partial charge is 0.360 e. The topological polar surface area (TPSA) is 66.5 Å². The molecule has 5 nitrogen and oxygen atoms in total. The Morgan fingerprint density at radius 2 is 1.90 bits per heavy atom. The molecule has 0 bridgehead atoms. The summed E-state index contributed by atoms with van der Waals surface area (Å²) >= 11 is 7.20. The lowest BCUT2D eigenvalue weighted by molar-refractivity contribution is 0.104. The summed E-state index contributed by atoms with van der Waals surface area (Å²) in [5.74, 6) is -0.976. The number of nitrogens with one attached hydrogen (secondary N) is 1. The van der Waals surface area contributed by atoms with Gasteiger partial charge in [0, 0.05) is 16.9 Å². The number of benzene rings is 2. The normalized spacial score (nSPS) is 16.6. The number of thiophene rings is 1. The van der Waals surface area contributed by atoms with E-state index in [4.69, 9.17) is 11.6 Å². The molecule has 2 heterocycles. The van der Waals surface area contributed by atoms with Crippen LogP contribution >= 0.6 is 22.9 Å². The average Bonchev–Trinajstić information content (AvgIpc) is 3.18. The van der Waals surface area contributed by atoms with E-state index in [9.17, 15) is 17.6 Å². The minimum absolute atomic E-state index is 0.0207. The molecular weight excluding hydrogens is 447 g/mol. The molecule has 0 fully saturated rings. The molecule has 0 unspecified atom stereocenters. The van der Waals surface area contributed by atoms with Gasteiger partial charge in [0.1, 0.15) is 10.7 Å². The van der Waals surface area contributed by atoms with Gasteiger partial charge in [-0.15, -0.1) is 11.3 Å². The summed E-state index contributed by atoms with van der Waals surface area (Å²) in [5, 5.41) is 5.06. The van der Waals surface area contributed by atoms with E-state index < -0.39 is 21.6 Å². The van der Waals surface area contributed by atoms with Crippen LogP contribution in [0.15, 0.2) is 65.0 Å². The summed E-state index contributed by atoms with van der Waals surface area (Å²) in [6.07, 6.45) is 1.21. The van der Waals surface area contributed by atoms with Crippen LogP contribution in [0.1, 0.15) is 20.8 Å². The molecule has 2 aromatic carbocycles. The number of nitrogens with zero attached hydrogens (tertiary/aromatic N) is 1.